The van der Waals surface area contributed by atoms with Gasteiger partial charge in [-0.2, -0.15) is 0 Å². The molecule has 0 radical (unpaired) electrons. The van der Waals surface area contributed by atoms with Crippen LogP contribution in [0.3, 0.4) is 0 Å². The fourth-order valence-corrected chi connectivity index (χ4v) is 4.34. The molecule has 1 aliphatic heterocycles. The van der Waals surface area contributed by atoms with E-state index in [1.165, 1.54) is 0 Å². The van der Waals surface area contributed by atoms with E-state index in [0.717, 1.165) is 32.6 Å². The lowest BCUT2D eigenvalue weighted by atomic mass is 10.00. The molecule has 0 saturated heterocycles. The maximum atomic E-state index is 13.2. The van der Waals surface area contributed by atoms with Crippen molar-refractivity contribution in [2.45, 2.75) is 52.3 Å². The van der Waals surface area contributed by atoms with Gasteiger partial charge in [-0.1, -0.05) is 24.3 Å². The molecule has 0 N–H and O–H groups in total. The average molecular weight is 442 g/mol. The van der Waals surface area contributed by atoms with Gasteiger partial charge in [-0.25, -0.2) is 9.78 Å². The van der Waals surface area contributed by atoms with Crippen molar-refractivity contribution in [2.24, 2.45) is 0 Å². The third-order valence-electron chi connectivity index (χ3n) is 5.10. The van der Waals surface area contributed by atoms with Crippen molar-refractivity contribution in [1.29, 1.82) is 0 Å². The van der Waals surface area contributed by atoms with Crippen LogP contribution in [0.4, 0.5) is 4.79 Å². The van der Waals surface area contributed by atoms with E-state index in [0.29, 0.717) is 0 Å². The summed E-state index contributed by atoms with van der Waals surface area (Å²) in [6.07, 6.45) is 1.69. The molecule has 0 spiro atoms. The second-order valence-electron chi connectivity index (χ2n) is 8.25. The Morgan fingerprint density at radius 1 is 1.14 bits per heavy atom. The third kappa shape index (κ3) is 3.09. The number of rotatable bonds is 1. The molecule has 146 valence electrons. The minimum atomic E-state index is -0.562. The van der Waals surface area contributed by atoms with Crippen LogP contribution in [0.5, 0.6) is 0 Å². The number of carbonyl (C=O) groups excluding carboxylic acids is 1. The molecular weight excluding hydrogens is 418 g/mol. The monoisotopic (exact) mass is 441 g/mol. The lowest BCUT2D eigenvalue weighted by Crippen LogP contribution is -2.38. The average Bonchev–Trinajstić information content (AvgIpc) is 3.07. The van der Waals surface area contributed by atoms with Crippen molar-refractivity contribution in [3.8, 4) is 0 Å². The number of fused-ring (bicyclic) bond motifs is 2. The highest BCUT2D eigenvalue weighted by atomic mass is 79.9. The fraction of sp³-hybridized carbons (Fsp3) is 0.364. The molecule has 28 heavy (non-hydrogen) atoms. The first-order valence-electron chi connectivity index (χ1n) is 9.41. The Bertz CT molecular complexity index is 1070. The van der Waals surface area contributed by atoms with Crippen LogP contribution in [-0.2, 0) is 4.74 Å². The molecule has 0 aliphatic carbocycles. The van der Waals surface area contributed by atoms with Gasteiger partial charge in [-0.3, -0.25) is 4.90 Å². The molecule has 1 aliphatic rings. The summed E-state index contributed by atoms with van der Waals surface area (Å²) in [6, 6.07) is 11.8. The van der Waals surface area contributed by atoms with Gasteiger partial charge in [0, 0.05) is 10.7 Å². The number of halogens is 1. The number of nitrogens with zero attached hydrogens (tertiary/aromatic N) is 3. The zero-order chi connectivity index (χ0) is 20.2. The van der Waals surface area contributed by atoms with Gasteiger partial charge in [0.1, 0.15) is 17.3 Å². The van der Waals surface area contributed by atoms with E-state index < -0.39 is 5.60 Å². The molecule has 3 aromatic rings. The maximum Gasteiger partial charge on any atom is 0.411 e. The largest absolute Gasteiger partial charge is 0.444 e. The standard InChI is InChI=1S/C22H24BrN3O2/c1-13-19(25-12-15(23)10-11-18(25)24-13)20-17-9-7-6-8-16(17)14(2)26(20)21(27)28-22(3,4)5/h6-12,14,20H,1-5H3/t14-,20+/m1/s1. The summed E-state index contributed by atoms with van der Waals surface area (Å²) in [4.78, 5) is 19.8. The van der Waals surface area contributed by atoms with E-state index >= 15 is 0 Å². The Labute approximate surface area is 173 Å². The van der Waals surface area contributed by atoms with Gasteiger partial charge in [0.25, 0.3) is 0 Å². The molecule has 6 heteroatoms. The highest BCUT2D eigenvalue weighted by Crippen LogP contribution is 2.46. The summed E-state index contributed by atoms with van der Waals surface area (Å²) in [5, 5.41) is 0. The minimum Gasteiger partial charge on any atom is -0.444 e. The number of pyridine rings is 1. The molecule has 0 fully saturated rings. The van der Waals surface area contributed by atoms with Crippen LogP contribution in [0.25, 0.3) is 5.65 Å². The van der Waals surface area contributed by atoms with Crippen molar-refractivity contribution in [1.82, 2.24) is 14.3 Å². The molecular formula is C22H24BrN3O2. The van der Waals surface area contributed by atoms with Crippen LogP contribution in [0.1, 0.15) is 62.3 Å². The van der Waals surface area contributed by atoms with Crippen molar-refractivity contribution in [3.05, 3.63) is 69.6 Å². The molecule has 1 aromatic carbocycles. The Morgan fingerprint density at radius 3 is 2.50 bits per heavy atom. The first kappa shape index (κ1) is 19.0. The van der Waals surface area contributed by atoms with Crippen LogP contribution < -0.4 is 0 Å². The Morgan fingerprint density at radius 2 is 1.82 bits per heavy atom. The number of hydrogen-bond donors (Lipinski definition) is 0. The van der Waals surface area contributed by atoms with E-state index in [9.17, 15) is 4.79 Å². The lowest BCUT2D eigenvalue weighted by Gasteiger charge is -2.32. The number of hydrogen-bond acceptors (Lipinski definition) is 3. The van der Waals surface area contributed by atoms with Gasteiger partial charge in [-0.05, 0) is 73.8 Å². The van der Waals surface area contributed by atoms with E-state index in [4.69, 9.17) is 9.72 Å². The number of amides is 1. The van der Waals surface area contributed by atoms with Gasteiger partial charge in [0.15, 0.2) is 0 Å². The Hall–Kier alpha value is -2.34. The molecule has 0 bridgehead atoms. The van der Waals surface area contributed by atoms with Crippen LogP contribution >= 0.6 is 15.9 Å². The molecule has 2 aromatic heterocycles. The van der Waals surface area contributed by atoms with Gasteiger partial charge in [0.2, 0.25) is 0 Å². The molecule has 3 heterocycles. The van der Waals surface area contributed by atoms with Crippen LogP contribution in [0.15, 0.2) is 47.1 Å². The molecule has 2 atom stereocenters. The first-order valence-corrected chi connectivity index (χ1v) is 10.2. The van der Waals surface area contributed by atoms with E-state index in [1.54, 1.807) is 0 Å². The first-order chi connectivity index (χ1) is 13.2. The second kappa shape index (κ2) is 6.62. The number of aromatic nitrogens is 2. The van der Waals surface area contributed by atoms with Gasteiger partial charge < -0.3 is 9.14 Å². The van der Waals surface area contributed by atoms with E-state index in [2.05, 4.69) is 39.4 Å². The second-order valence-corrected chi connectivity index (χ2v) is 9.17. The highest BCUT2D eigenvalue weighted by molar-refractivity contribution is 9.10. The summed E-state index contributed by atoms with van der Waals surface area (Å²) in [5.74, 6) is 0. The number of imidazole rings is 1. The predicted octanol–water partition coefficient (Wildman–Crippen LogP) is 5.81. The topological polar surface area (TPSA) is 46.8 Å². The number of ether oxygens (including phenoxy) is 1. The lowest BCUT2D eigenvalue weighted by molar-refractivity contribution is 0.0139. The Balaban J connectivity index is 1.93. The Kier molecular flexibility index (Phi) is 4.49. The van der Waals surface area contributed by atoms with Crippen molar-refractivity contribution in [2.75, 3.05) is 0 Å². The van der Waals surface area contributed by atoms with Crippen molar-refractivity contribution >= 4 is 27.7 Å². The SMILES string of the molecule is Cc1nc2ccc(Br)cn2c1[C@@H]1c2ccccc2[C@@H](C)N1C(=O)OC(C)(C)C. The van der Waals surface area contributed by atoms with Gasteiger partial charge >= 0.3 is 6.09 Å². The molecule has 1 amide bonds. The van der Waals surface area contributed by atoms with Gasteiger partial charge in [0.05, 0.1) is 17.4 Å². The minimum absolute atomic E-state index is 0.0897. The number of benzene rings is 1. The number of carbonyl (C=O) groups is 1. The summed E-state index contributed by atoms with van der Waals surface area (Å²) in [7, 11) is 0. The zero-order valence-electron chi connectivity index (χ0n) is 16.7. The molecule has 0 unspecified atom stereocenters. The molecule has 0 saturated carbocycles. The summed E-state index contributed by atoms with van der Waals surface area (Å²) in [6.45, 7) is 9.73. The third-order valence-corrected chi connectivity index (χ3v) is 5.57. The van der Waals surface area contributed by atoms with Crippen LogP contribution in [0.2, 0.25) is 0 Å². The van der Waals surface area contributed by atoms with E-state index in [1.807, 2.05) is 63.1 Å². The summed E-state index contributed by atoms with van der Waals surface area (Å²) >= 11 is 3.56. The summed E-state index contributed by atoms with van der Waals surface area (Å²) in [5.41, 5.74) is 4.44. The normalized spacial score (nSPS) is 19.1. The van der Waals surface area contributed by atoms with Gasteiger partial charge in [-0.15, -0.1) is 0 Å². The highest BCUT2D eigenvalue weighted by Gasteiger charge is 2.43. The predicted molar refractivity (Wildman–Crippen MR) is 112 cm³/mol. The van der Waals surface area contributed by atoms with E-state index in [-0.39, 0.29) is 18.2 Å². The van der Waals surface area contributed by atoms with Crippen molar-refractivity contribution < 1.29 is 9.53 Å². The quantitative estimate of drug-likeness (QED) is 0.478. The number of aryl methyl sites for hydroxylation is 1. The zero-order valence-corrected chi connectivity index (χ0v) is 18.3. The van der Waals surface area contributed by atoms with Crippen LogP contribution in [0, 0.1) is 6.92 Å². The summed E-state index contributed by atoms with van der Waals surface area (Å²) < 4.78 is 8.80. The fourth-order valence-electron chi connectivity index (χ4n) is 4.00. The molecule has 4 rings (SSSR count). The molecule has 5 nitrogen and oxygen atoms in total. The van der Waals surface area contributed by atoms with Crippen LogP contribution in [-0.4, -0.2) is 26.0 Å². The maximum absolute atomic E-state index is 13.2. The smallest absolute Gasteiger partial charge is 0.411 e. The van der Waals surface area contributed by atoms with Crippen molar-refractivity contribution in [3.63, 3.8) is 0 Å².